The predicted octanol–water partition coefficient (Wildman–Crippen LogP) is 11.6. The Balaban J connectivity index is 4.17. The second kappa shape index (κ2) is 32.4. The molecule has 0 radical (unpaired) electrons. The molecule has 0 aliphatic rings. The summed E-state index contributed by atoms with van der Waals surface area (Å²) < 4.78 is 5.87. The summed E-state index contributed by atoms with van der Waals surface area (Å²) in [5.74, 6) is -0.778. The molecule has 0 aliphatic carbocycles. The molecule has 0 fully saturated rings. The highest BCUT2D eigenvalue weighted by molar-refractivity contribution is 5.69. The molecule has 41 heavy (non-hydrogen) atoms. The lowest BCUT2D eigenvalue weighted by atomic mass is 10.1. The number of aliphatic carboxylic acids is 1. The van der Waals surface area contributed by atoms with Crippen molar-refractivity contribution in [1.82, 2.24) is 0 Å². The van der Waals surface area contributed by atoms with Crippen molar-refractivity contribution in [2.24, 2.45) is 0 Å². The number of rotatable bonds is 30. The third-order valence-electron chi connectivity index (χ3n) is 7.26. The molecule has 0 heterocycles. The summed E-state index contributed by atoms with van der Waals surface area (Å²) in [4.78, 5) is 23.2. The molecule has 0 rings (SSSR count). The highest BCUT2D eigenvalue weighted by atomic mass is 16.5. The molecule has 0 saturated heterocycles. The number of hydrogen-bond donors (Lipinski definition) is 1. The second-order valence-corrected chi connectivity index (χ2v) is 11.3. The number of carbonyl (C=O) groups is 2. The number of allylic oxidation sites excluding steroid dienone is 7. The normalized spacial score (nSPS) is 12.8. The van der Waals surface area contributed by atoms with Crippen LogP contribution in [0, 0.1) is 0 Å². The minimum absolute atomic E-state index is 0.0710. The summed E-state index contributed by atoms with van der Waals surface area (Å²) in [5.41, 5.74) is 0. The lowest BCUT2D eigenvalue weighted by Crippen LogP contribution is -2.16. The summed E-state index contributed by atoms with van der Waals surface area (Å²) in [7, 11) is 0. The number of carboxylic acid groups (broad SMARTS) is 1. The quantitative estimate of drug-likeness (QED) is 0.0528. The van der Waals surface area contributed by atoms with Crippen LogP contribution in [0.3, 0.4) is 0 Å². The van der Waals surface area contributed by atoms with Crippen LogP contribution in [0.25, 0.3) is 0 Å². The van der Waals surface area contributed by atoms with Crippen molar-refractivity contribution < 1.29 is 19.4 Å². The van der Waals surface area contributed by atoms with E-state index < -0.39 is 5.97 Å². The Morgan fingerprint density at radius 3 is 1.66 bits per heavy atom. The van der Waals surface area contributed by atoms with Crippen molar-refractivity contribution in [3.8, 4) is 0 Å². The third kappa shape index (κ3) is 32.3. The van der Waals surface area contributed by atoms with Crippen LogP contribution in [-0.4, -0.2) is 23.1 Å². The number of hydrogen-bond acceptors (Lipinski definition) is 3. The fourth-order valence-corrected chi connectivity index (χ4v) is 4.68. The minimum Gasteiger partial charge on any atom is -0.481 e. The number of carbonyl (C=O) groups excluding carboxylic acids is 1. The van der Waals surface area contributed by atoms with Gasteiger partial charge in [0.15, 0.2) is 0 Å². The molecular formula is C37H64O4. The van der Waals surface area contributed by atoms with Crippen molar-refractivity contribution >= 4 is 11.9 Å². The van der Waals surface area contributed by atoms with Crippen molar-refractivity contribution in [2.45, 2.75) is 174 Å². The Labute approximate surface area is 253 Å². The molecule has 1 atom stereocenters. The Bertz CT molecular complexity index is 704. The molecule has 0 aromatic heterocycles. The van der Waals surface area contributed by atoms with E-state index in [4.69, 9.17) is 9.84 Å². The summed E-state index contributed by atoms with van der Waals surface area (Å²) >= 11 is 0. The first-order chi connectivity index (χ1) is 20.1. The highest BCUT2D eigenvalue weighted by Crippen LogP contribution is 2.15. The fourth-order valence-electron chi connectivity index (χ4n) is 4.68. The molecule has 0 spiro atoms. The largest absolute Gasteiger partial charge is 0.481 e. The van der Waals surface area contributed by atoms with Crippen LogP contribution in [0.5, 0.6) is 0 Å². The van der Waals surface area contributed by atoms with E-state index in [0.29, 0.717) is 6.42 Å². The van der Waals surface area contributed by atoms with E-state index in [1.807, 2.05) is 0 Å². The number of unbranched alkanes of at least 4 members (excludes halogenated alkanes) is 15. The van der Waals surface area contributed by atoms with E-state index in [1.165, 1.54) is 57.8 Å². The van der Waals surface area contributed by atoms with Gasteiger partial charge in [0.05, 0.1) is 0 Å². The third-order valence-corrected chi connectivity index (χ3v) is 7.26. The topological polar surface area (TPSA) is 63.6 Å². The van der Waals surface area contributed by atoms with E-state index >= 15 is 0 Å². The molecule has 0 aromatic rings. The molecule has 4 heteroatoms. The number of esters is 1. The zero-order valence-electron chi connectivity index (χ0n) is 26.8. The highest BCUT2D eigenvalue weighted by Gasteiger charge is 2.11. The van der Waals surface area contributed by atoms with E-state index in [9.17, 15) is 9.59 Å². The van der Waals surface area contributed by atoms with Crippen molar-refractivity contribution in [3.05, 3.63) is 48.6 Å². The van der Waals surface area contributed by atoms with Gasteiger partial charge >= 0.3 is 11.9 Å². The Morgan fingerprint density at radius 1 is 0.561 bits per heavy atom. The van der Waals surface area contributed by atoms with E-state index in [-0.39, 0.29) is 18.5 Å². The SMILES string of the molecule is CCCC/C=C\C/C=C\CCCCCCCC(=O)OC(/C=C\C/C=C\CCCCC)CCCCCCCCC(=O)O. The maximum Gasteiger partial charge on any atom is 0.306 e. The Kier molecular flexibility index (Phi) is 30.8. The zero-order valence-corrected chi connectivity index (χ0v) is 26.8. The fraction of sp³-hybridized carbons (Fsp3) is 0.730. The van der Waals surface area contributed by atoms with Crippen LogP contribution in [-0.2, 0) is 14.3 Å². The van der Waals surface area contributed by atoms with Gasteiger partial charge in [0.1, 0.15) is 6.10 Å². The van der Waals surface area contributed by atoms with Crippen molar-refractivity contribution in [2.75, 3.05) is 0 Å². The Hall–Kier alpha value is -2.10. The van der Waals surface area contributed by atoms with Gasteiger partial charge in [0, 0.05) is 12.8 Å². The first kappa shape index (κ1) is 38.9. The molecule has 0 aromatic carbocycles. The summed E-state index contributed by atoms with van der Waals surface area (Å²) in [6.45, 7) is 4.45. The molecule has 0 saturated carbocycles. The number of carboxylic acids is 1. The van der Waals surface area contributed by atoms with Gasteiger partial charge in [-0.05, 0) is 76.7 Å². The van der Waals surface area contributed by atoms with Crippen LogP contribution in [0.15, 0.2) is 48.6 Å². The molecule has 4 nitrogen and oxygen atoms in total. The van der Waals surface area contributed by atoms with Gasteiger partial charge in [-0.15, -0.1) is 0 Å². The smallest absolute Gasteiger partial charge is 0.306 e. The standard InChI is InChI=1S/C37H64O4/c1-3-5-7-9-11-13-14-15-16-17-18-20-26-30-34-37(40)41-35(31-27-23-19-12-10-8-6-4-2)32-28-24-21-22-25-29-33-36(38)39/h9,11-12,14-15,19,27,31,35H,3-8,10,13,16-18,20-26,28-30,32-34H2,1-2H3,(H,38,39)/b11-9-,15-14-,19-12-,31-27-. The van der Waals surface area contributed by atoms with Crippen LogP contribution in [0.4, 0.5) is 0 Å². The van der Waals surface area contributed by atoms with Crippen molar-refractivity contribution in [3.63, 3.8) is 0 Å². The average molecular weight is 573 g/mol. The average Bonchev–Trinajstić information content (AvgIpc) is 2.95. The monoisotopic (exact) mass is 572 g/mol. The number of ether oxygens (including phenoxy) is 1. The summed E-state index contributed by atoms with van der Waals surface area (Å²) in [5, 5.41) is 8.74. The summed E-state index contributed by atoms with van der Waals surface area (Å²) in [6.07, 6.45) is 42.7. The second-order valence-electron chi connectivity index (χ2n) is 11.3. The zero-order chi connectivity index (χ0) is 30.1. The lowest BCUT2D eigenvalue weighted by Gasteiger charge is -2.14. The molecule has 0 amide bonds. The molecule has 0 aliphatic heterocycles. The van der Waals surface area contributed by atoms with Gasteiger partial charge in [-0.25, -0.2) is 0 Å². The molecule has 0 bridgehead atoms. The lowest BCUT2D eigenvalue weighted by molar-refractivity contribution is -0.147. The predicted molar refractivity (Wildman–Crippen MR) is 176 cm³/mol. The molecule has 236 valence electrons. The van der Waals surface area contributed by atoms with Gasteiger partial charge in [0.2, 0.25) is 0 Å². The van der Waals surface area contributed by atoms with Crippen LogP contribution >= 0.6 is 0 Å². The van der Waals surface area contributed by atoms with Crippen LogP contribution in [0.1, 0.15) is 168 Å². The van der Waals surface area contributed by atoms with Gasteiger partial charge in [0.25, 0.3) is 0 Å². The molecular weight excluding hydrogens is 508 g/mol. The van der Waals surface area contributed by atoms with Gasteiger partial charge in [-0.3, -0.25) is 9.59 Å². The van der Waals surface area contributed by atoms with Gasteiger partial charge in [-0.2, -0.15) is 0 Å². The van der Waals surface area contributed by atoms with E-state index in [0.717, 1.165) is 83.5 Å². The first-order valence-corrected chi connectivity index (χ1v) is 17.1. The van der Waals surface area contributed by atoms with E-state index in [1.54, 1.807) is 0 Å². The van der Waals surface area contributed by atoms with E-state index in [2.05, 4.69) is 62.5 Å². The maximum atomic E-state index is 12.5. The molecule has 1 unspecified atom stereocenters. The summed E-state index contributed by atoms with van der Waals surface area (Å²) in [6, 6.07) is 0. The van der Waals surface area contributed by atoms with Crippen LogP contribution in [0.2, 0.25) is 0 Å². The maximum absolute atomic E-state index is 12.5. The van der Waals surface area contributed by atoms with Gasteiger partial charge in [-0.1, -0.05) is 127 Å². The Morgan fingerprint density at radius 2 is 1.05 bits per heavy atom. The van der Waals surface area contributed by atoms with Gasteiger partial charge < -0.3 is 9.84 Å². The first-order valence-electron chi connectivity index (χ1n) is 17.1. The molecule has 1 N–H and O–H groups in total. The van der Waals surface area contributed by atoms with Crippen molar-refractivity contribution in [1.29, 1.82) is 0 Å². The minimum atomic E-state index is -0.707. The van der Waals surface area contributed by atoms with Crippen LogP contribution < -0.4 is 0 Å².